The van der Waals surface area contributed by atoms with E-state index >= 15 is 0 Å². The Morgan fingerprint density at radius 2 is 2.20 bits per heavy atom. The van der Waals surface area contributed by atoms with E-state index in [4.69, 9.17) is 5.14 Å². The first-order valence-corrected chi connectivity index (χ1v) is 9.76. The van der Waals surface area contributed by atoms with Gasteiger partial charge in [0, 0.05) is 12.2 Å². The number of carbonyl (C=O) groups excluding carboxylic acids is 1. The zero-order valence-electron chi connectivity index (χ0n) is 13.8. The number of anilines is 1. The first-order chi connectivity index (χ1) is 11.7. The number of hydrogen-bond acceptors (Lipinski definition) is 6. The molecule has 1 amide bonds. The largest absolute Gasteiger partial charge is 0.325 e. The highest BCUT2D eigenvalue weighted by Gasteiger charge is 2.19. The van der Waals surface area contributed by atoms with Gasteiger partial charge in [-0.2, -0.15) is 0 Å². The maximum absolute atomic E-state index is 12.4. The Morgan fingerprint density at radius 1 is 1.48 bits per heavy atom. The summed E-state index contributed by atoms with van der Waals surface area (Å²) in [4.78, 5) is 12.3. The van der Waals surface area contributed by atoms with Gasteiger partial charge in [-0.15, -0.1) is 16.8 Å². The minimum Gasteiger partial charge on any atom is -0.325 e. The first-order valence-electron chi connectivity index (χ1n) is 7.33. The third-order valence-corrected chi connectivity index (χ3v) is 5.29. The van der Waals surface area contributed by atoms with E-state index in [9.17, 15) is 13.2 Å². The van der Waals surface area contributed by atoms with Crippen LogP contribution in [0.1, 0.15) is 12.7 Å². The van der Waals surface area contributed by atoms with Crippen molar-refractivity contribution < 1.29 is 13.2 Å². The van der Waals surface area contributed by atoms with Gasteiger partial charge in [-0.1, -0.05) is 23.9 Å². The number of amides is 1. The molecule has 8 nitrogen and oxygen atoms in total. The lowest BCUT2D eigenvalue weighted by molar-refractivity contribution is -0.115. The Labute approximate surface area is 150 Å². The monoisotopic (exact) mass is 381 g/mol. The van der Waals surface area contributed by atoms with Gasteiger partial charge in [0.25, 0.3) is 0 Å². The second kappa shape index (κ2) is 7.81. The van der Waals surface area contributed by atoms with Crippen molar-refractivity contribution in [2.75, 3.05) is 5.32 Å². The second-order valence-electron chi connectivity index (χ2n) is 5.25. The molecule has 0 spiro atoms. The van der Waals surface area contributed by atoms with Crippen molar-refractivity contribution >= 4 is 33.4 Å². The topological polar surface area (TPSA) is 120 Å². The average Bonchev–Trinajstić information content (AvgIpc) is 2.88. The third-order valence-electron chi connectivity index (χ3n) is 3.29. The molecule has 0 saturated carbocycles. The predicted molar refractivity (Wildman–Crippen MR) is 96.7 cm³/mol. The van der Waals surface area contributed by atoms with Gasteiger partial charge in [-0.25, -0.2) is 13.6 Å². The molecule has 0 bridgehead atoms. The van der Waals surface area contributed by atoms with Crippen LogP contribution in [0.4, 0.5) is 5.69 Å². The number of nitrogens with two attached hydrogens (primary N) is 1. The molecule has 2 rings (SSSR count). The number of benzene rings is 1. The molecule has 1 heterocycles. The van der Waals surface area contributed by atoms with E-state index in [1.165, 1.54) is 30.0 Å². The number of aryl methyl sites for hydroxylation is 1. The summed E-state index contributed by atoms with van der Waals surface area (Å²) in [5.74, 6) is 0.443. The van der Waals surface area contributed by atoms with Gasteiger partial charge < -0.3 is 9.88 Å². The van der Waals surface area contributed by atoms with Crippen LogP contribution >= 0.6 is 11.8 Å². The van der Waals surface area contributed by atoms with Crippen LogP contribution < -0.4 is 10.5 Å². The van der Waals surface area contributed by atoms with Crippen LogP contribution in [-0.2, 0) is 21.4 Å². The molecular weight excluding hydrogens is 362 g/mol. The van der Waals surface area contributed by atoms with E-state index in [2.05, 4.69) is 22.1 Å². The molecule has 134 valence electrons. The lowest BCUT2D eigenvalue weighted by Gasteiger charge is -2.13. The summed E-state index contributed by atoms with van der Waals surface area (Å²) in [6, 6.07) is 5.78. The van der Waals surface area contributed by atoms with Gasteiger partial charge in [-0.3, -0.25) is 4.79 Å². The highest BCUT2D eigenvalue weighted by molar-refractivity contribution is 8.00. The number of primary sulfonamides is 1. The fourth-order valence-electron chi connectivity index (χ4n) is 1.99. The molecule has 2 aromatic rings. The average molecular weight is 381 g/mol. The summed E-state index contributed by atoms with van der Waals surface area (Å²) in [7, 11) is -3.83. The Bertz CT molecular complexity index is 892. The molecule has 0 saturated heterocycles. The van der Waals surface area contributed by atoms with Crippen LogP contribution in [0, 0.1) is 6.92 Å². The summed E-state index contributed by atoms with van der Waals surface area (Å²) in [5, 5.41) is 16.0. The van der Waals surface area contributed by atoms with Crippen LogP contribution in [0.5, 0.6) is 0 Å². The quantitative estimate of drug-likeness (QED) is 0.554. The van der Waals surface area contributed by atoms with Crippen molar-refractivity contribution in [2.24, 2.45) is 5.14 Å². The van der Waals surface area contributed by atoms with Gasteiger partial charge >= 0.3 is 0 Å². The number of hydrogen-bond donors (Lipinski definition) is 2. The Morgan fingerprint density at radius 3 is 2.84 bits per heavy atom. The molecule has 0 aliphatic rings. The van der Waals surface area contributed by atoms with E-state index in [-0.39, 0.29) is 10.8 Å². The number of allylic oxidation sites excluding steroid dienone is 1. The molecule has 3 N–H and O–H groups in total. The molecule has 10 heteroatoms. The van der Waals surface area contributed by atoms with E-state index in [0.29, 0.717) is 17.4 Å². The Hall–Kier alpha value is -2.17. The van der Waals surface area contributed by atoms with Gasteiger partial charge in [0.2, 0.25) is 15.9 Å². The van der Waals surface area contributed by atoms with Crippen LogP contribution in [0.2, 0.25) is 0 Å². The van der Waals surface area contributed by atoms with Crippen molar-refractivity contribution in [1.82, 2.24) is 14.8 Å². The van der Waals surface area contributed by atoms with Crippen molar-refractivity contribution in [2.45, 2.75) is 35.7 Å². The fraction of sp³-hybridized carbons (Fsp3) is 0.267. The van der Waals surface area contributed by atoms with E-state index < -0.39 is 15.3 Å². The van der Waals surface area contributed by atoms with Crippen LogP contribution in [0.25, 0.3) is 0 Å². The highest BCUT2D eigenvalue weighted by Crippen LogP contribution is 2.24. The maximum atomic E-state index is 12.4. The number of nitrogens with zero attached hydrogens (tertiary/aromatic N) is 3. The summed E-state index contributed by atoms with van der Waals surface area (Å²) < 4.78 is 24.6. The Kier molecular flexibility index (Phi) is 5.98. The SMILES string of the molecule is C=CCn1c(C)nnc1S[C@@H](C)C(=O)Nc1cccc(S(N)(=O)=O)c1. The smallest absolute Gasteiger partial charge is 0.238 e. The van der Waals surface area contributed by atoms with Crippen molar-refractivity contribution in [3.8, 4) is 0 Å². The second-order valence-corrected chi connectivity index (χ2v) is 8.12. The standard InChI is InChI=1S/C15H19N5O3S2/c1-4-8-20-11(3)18-19-15(20)24-10(2)14(21)17-12-6-5-7-13(9-12)25(16,22)23/h4-7,9-10H,1,8H2,2-3H3,(H,17,21)(H2,16,22,23)/t10-/m0/s1. The molecule has 0 aliphatic heterocycles. The third kappa shape index (κ3) is 4.91. The number of carbonyl (C=O) groups is 1. The zero-order chi connectivity index (χ0) is 18.6. The van der Waals surface area contributed by atoms with E-state index in [1.807, 2.05) is 11.5 Å². The van der Waals surface area contributed by atoms with Crippen LogP contribution in [-0.4, -0.2) is 34.3 Å². The van der Waals surface area contributed by atoms with Gasteiger partial charge in [0.05, 0.1) is 10.1 Å². The maximum Gasteiger partial charge on any atom is 0.238 e. The molecule has 1 aromatic carbocycles. The van der Waals surface area contributed by atoms with Gasteiger partial charge in [0.15, 0.2) is 5.16 Å². The summed E-state index contributed by atoms with van der Waals surface area (Å²) in [6.45, 7) is 7.79. The minimum absolute atomic E-state index is 0.0630. The lowest BCUT2D eigenvalue weighted by Crippen LogP contribution is -2.23. The number of sulfonamides is 1. The molecule has 0 fully saturated rings. The fourth-order valence-corrected chi connectivity index (χ4v) is 3.46. The molecule has 0 unspecified atom stereocenters. The lowest BCUT2D eigenvalue weighted by atomic mass is 10.3. The van der Waals surface area contributed by atoms with Crippen molar-refractivity contribution in [1.29, 1.82) is 0 Å². The first kappa shape index (κ1) is 19.2. The van der Waals surface area contributed by atoms with E-state index in [0.717, 1.165) is 5.82 Å². The van der Waals surface area contributed by atoms with Gasteiger partial charge in [-0.05, 0) is 32.0 Å². The molecule has 0 radical (unpaired) electrons. The molecule has 25 heavy (non-hydrogen) atoms. The number of nitrogens with one attached hydrogen (secondary N) is 1. The normalized spacial score (nSPS) is 12.6. The molecular formula is C15H19N5O3S2. The zero-order valence-corrected chi connectivity index (χ0v) is 15.5. The summed E-state index contributed by atoms with van der Waals surface area (Å²) in [6.07, 6.45) is 1.73. The van der Waals surface area contributed by atoms with Crippen LogP contribution in [0.3, 0.4) is 0 Å². The molecule has 0 aliphatic carbocycles. The minimum atomic E-state index is -3.83. The molecule has 1 aromatic heterocycles. The van der Waals surface area contributed by atoms with Crippen LogP contribution in [0.15, 0.2) is 47.0 Å². The van der Waals surface area contributed by atoms with Gasteiger partial charge in [0.1, 0.15) is 5.82 Å². The predicted octanol–water partition coefficient (Wildman–Crippen LogP) is 1.54. The van der Waals surface area contributed by atoms with Crippen molar-refractivity contribution in [3.63, 3.8) is 0 Å². The molecule has 1 atom stereocenters. The van der Waals surface area contributed by atoms with E-state index in [1.54, 1.807) is 19.1 Å². The highest BCUT2D eigenvalue weighted by atomic mass is 32.2. The number of thioether (sulfide) groups is 1. The summed E-state index contributed by atoms with van der Waals surface area (Å²) >= 11 is 1.25. The van der Waals surface area contributed by atoms with Crippen molar-refractivity contribution in [3.05, 3.63) is 42.7 Å². The number of aromatic nitrogens is 3. The summed E-state index contributed by atoms with van der Waals surface area (Å²) in [5.41, 5.74) is 0.354. The number of rotatable bonds is 7. The Balaban J connectivity index is 2.10.